The van der Waals surface area contributed by atoms with Crippen molar-refractivity contribution in [2.45, 2.75) is 6.04 Å². The van der Waals surface area contributed by atoms with Gasteiger partial charge in [0.25, 0.3) is 5.91 Å². The Morgan fingerprint density at radius 2 is 2.00 bits per heavy atom. The van der Waals surface area contributed by atoms with Crippen LogP contribution in [0.25, 0.3) is 0 Å². The largest absolute Gasteiger partial charge is 0.480 e. The second kappa shape index (κ2) is 5.66. The molecule has 1 saturated heterocycles. The van der Waals surface area contributed by atoms with Gasteiger partial charge in [-0.25, -0.2) is 4.79 Å². The van der Waals surface area contributed by atoms with Crippen LogP contribution in [0, 0.1) is 3.57 Å². The predicted molar refractivity (Wildman–Crippen MR) is 74.5 cm³/mol. The van der Waals surface area contributed by atoms with Crippen molar-refractivity contribution in [3.63, 3.8) is 0 Å². The third-order valence-corrected chi connectivity index (χ3v) is 3.60. The minimum Gasteiger partial charge on any atom is -0.480 e. The molecule has 1 aromatic rings. The Morgan fingerprint density at radius 3 is 2.61 bits per heavy atom. The van der Waals surface area contributed by atoms with E-state index in [4.69, 9.17) is 5.11 Å². The Labute approximate surface area is 118 Å². The molecule has 2 N–H and O–H groups in total. The van der Waals surface area contributed by atoms with Crippen LogP contribution in [0.2, 0.25) is 0 Å². The molecule has 2 rings (SSSR count). The maximum absolute atomic E-state index is 12.3. The quantitative estimate of drug-likeness (QED) is 0.766. The lowest BCUT2D eigenvalue weighted by atomic mass is 10.1. The van der Waals surface area contributed by atoms with Gasteiger partial charge in [-0.1, -0.05) is 0 Å². The first kappa shape index (κ1) is 13.3. The lowest BCUT2D eigenvalue weighted by Gasteiger charge is -2.33. The van der Waals surface area contributed by atoms with Crippen molar-refractivity contribution in [3.05, 3.63) is 33.4 Å². The van der Waals surface area contributed by atoms with Gasteiger partial charge in [0.05, 0.1) is 0 Å². The Bertz CT molecular complexity index is 461. The SMILES string of the molecule is O=C(O)C1CNCCN1C(=O)c1ccc(I)cc1. The van der Waals surface area contributed by atoms with E-state index in [1.807, 2.05) is 12.1 Å². The molecule has 1 aliphatic rings. The molecule has 1 unspecified atom stereocenters. The van der Waals surface area contributed by atoms with Gasteiger partial charge in [-0.05, 0) is 46.9 Å². The van der Waals surface area contributed by atoms with Crippen molar-refractivity contribution >= 4 is 34.5 Å². The van der Waals surface area contributed by atoms with Crippen LogP contribution < -0.4 is 5.32 Å². The van der Waals surface area contributed by atoms with Crippen molar-refractivity contribution in [2.24, 2.45) is 0 Å². The standard InChI is InChI=1S/C12H13IN2O3/c13-9-3-1-8(2-4-9)11(16)15-6-5-14-7-10(15)12(17)18/h1-4,10,14H,5-7H2,(H,17,18). The highest BCUT2D eigenvalue weighted by molar-refractivity contribution is 14.1. The summed E-state index contributed by atoms with van der Waals surface area (Å²) in [6, 6.07) is 6.35. The van der Waals surface area contributed by atoms with Crippen LogP contribution in [0.1, 0.15) is 10.4 Å². The lowest BCUT2D eigenvalue weighted by Crippen LogP contribution is -2.56. The van der Waals surface area contributed by atoms with Crippen molar-refractivity contribution in [1.82, 2.24) is 10.2 Å². The molecule has 1 heterocycles. The number of benzene rings is 1. The average Bonchev–Trinajstić information content (AvgIpc) is 2.39. The first-order chi connectivity index (χ1) is 8.59. The van der Waals surface area contributed by atoms with Crippen molar-refractivity contribution in [3.8, 4) is 0 Å². The number of carbonyl (C=O) groups is 2. The van der Waals surface area contributed by atoms with Crippen LogP contribution in [0.15, 0.2) is 24.3 Å². The maximum atomic E-state index is 12.3. The number of hydrogen-bond acceptors (Lipinski definition) is 3. The minimum absolute atomic E-state index is 0.222. The summed E-state index contributed by atoms with van der Waals surface area (Å²) in [4.78, 5) is 24.8. The molecular weight excluding hydrogens is 347 g/mol. The Balaban J connectivity index is 2.20. The number of halogens is 1. The van der Waals surface area contributed by atoms with Crippen LogP contribution in [-0.4, -0.2) is 47.6 Å². The molecule has 6 heteroatoms. The highest BCUT2D eigenvalue weighted by Gasteiger charge is 2.32. The van der Waals surface area contributed by atoms with E-state index in [2.05, 4.69) is 27.9 Å². The molecule has 1 amide bonds. The summed E-state index contributed by atoms with van der Waals surface area (Å²) < 4.78 is 1.04. The summed E-state index contributed by atoms with van der Waals surface area (Å²) in [5.74, 6) is -1.19. The summed E-state index contributed by atoms with van der Waals surface area (Å²) in [5, 5.41) is 12.1. The van der Waals surface area contributed by atoms with Gasteiger partial charge in [-0.3, -0.25) is 4.79 Å². The molecule has 0 radical (unpaired) electrons. The zero-order valence-electron chi connectivity index (χ0n) is 9.60. The molecule has 1 fully saturated rings. The number of rotatable bonds is 2. The summed E-state index contributed by atoms with van der Waals surface area (Å²) in [6.07, 6.45) is 0. The van der Waals surface area contributed by atoms with E-state index in [0.29, 0.717) is 25.2 Å². The lowest BCUT2D eigenvalue weighted by molar-refractivity contribution is -0.142. The Hall–Kier alpha value is -1.15. The van der Waals surface area contributed by atoms with Crippen LogP contribution in [0.4, 0.5) is 0 Å². The first-order valence-corrected chi connectivity index (χ1v) is 6.67. The van der Waals surface area contributed by atoms with E-state index in [1.54, 1.807) is 12.1 Å². The highest BCUT2D eigenvalue weighted by atomic mass is 127. The number of nitrogens with one attached hydrogen (secondary N) is 1. The molecule has 1 atom stereocenters. The number of carboxylic acid groups (broad SMARTS) is 1. The number of hydrogen-bond donors (Lipinski definition) is 2. The summed E-state index contributed by atoms with van der Waals surface area (Å²) >= 11 is 2.16. The molecule has 1 aliphatic heterocycles. The van der Waals surface area contributed by atoms with E-state index in [0.717, 1.165) is 3.57 Å². The van der Waals surface area contributed by atoms with Gasteiger partial charge in [0, 0.05) is 28.8 Å². The topological polar surface area (TPSA) is 69.6 Å². The first-order valence-electron chi connectivity index (χ1n) is 5.59. The van der Waals surface area contributed by atoms with Crippen LogP contribution in [0.3, 0.4) is 0 Å². The number of carbonyl (C=O) groups excluding carboxylic acids is 1. The number of piperazine rings is 1. The van der Waals surface area contributed by atoms with Gasteiger partial charge in [0.2, 0.25) is 0 Å². The summed E-state index contributed by atoms with van der Waals surface area (Å²) in [7, 11) is 0. The maximum Gasteiger partial charge on any atom is 0.327 e. The second-order valence-electron chi connectivity index (χ2n) is 4.06. The summed E-state index contributed by atoms with van der Waals surface area (Å²) in [5.41, 5.74) is 0.531. The number of nitrogens with zero attached hydrogens (tertiary/aromatic N) is 1. The molecule has 96 valence electrons. The van der Waals surface area contributed by atoms with Crippen LogP contribution in [-0.2, 0) is 4.79 Å². The zero-order chi connectivity index (χ0) is 13.1. The van der Waals surface area contributed by atoms with Gasteiger partial charge in [0.15, 0.2) is 0 Å². The minimum atomic E-state index is -0.971. The molecule has 0 aliphatic carbocycles. The van der Waals surface area contributed by atoms with E-state index in [-0.39, 0.29) is 5.91 Å². The Kier molecular flexibility index (Phi) is 4.18. The van der Waals surface area contributed by atoms with E-state index < -0.39 is 12.0 Å². The van der Waals surface area contributed by atoms with Gasteiger partial charge in [0.1, 0.15) is 6.04 Å². The normalized spacial score (nSPS) is 19.6. The van der Waals surface area contributed by atoms with Gasteiger partial charge < -0.3 is 15.3 Å². The van der Waals surface area contributed by atoms with Gasteiger partial charge >= 0.3 is 5.97 Å². The third-order valence-electron chi connectivity index (χ3n) is 2.88. The molecule has 18 heavy (non-hydrogen) atoms. The second-order valence-corrected chi connectivity index (χ2v) is 5.31. The fraction of sp³-hybridized carbons (Fsp3) is 0.333. The molecule has 0 saturated carbocycles. The average molecular weight is 360 g/mol. The number of carboxylic acids is 1. The smallest absolute Gasteiger partial charge is 0.327 e. The Morgan fingerprint density at radius 1 is 1.33 bits per heavy atom. The molecular formula is C12H13IN2O3. The third kappa shape index (κ3) is 2.81. The van der Waals surface area contributed by atoms with Gasteiger partial charge in [-0.2, -0.15) is 0 Å². The van der Waals surface area contributed by atoms with Crippen LogP contribution in [0.5, 0.6) is 0 Å². The van der Waals surface area contributed by atoms with E-state index in [1.165, 1.54) is 4.90 Å². The number of aliphatic carboxylic acids is 1. The molecule has 1 aromatic carbocycles. The van der Waals surface area contributed by atoms with Crippen molar-refractivity contribution in [1.29, 1.82) is 0 Å². The van der Waals surface area contributed by atoms with Crippen LogP contribution >= 0.6 is 22.6 Å². The molecule has 0 aromatic heterocycles. The van der Waals surface area contributed by atoms with E-state index in [9.17, 15) is 9.59 Å². The highest BCUT2D eigenvalue weighted by Crippen LogP contribution is 2.13. The molecule has 0 spiro atoms. The summed E-state index contributed by atoms with van der Waals surface area (Å²) in [6.45, 7) is 1.34. The van der Waals surface area contributed by atoms with Crippen molar-refractivity contribution in [2.75, 3.05) is 19.6 Å². The number of amides is 1. The predicted octanol–water partition coefficient (Wildman–Crippen LogP) is 0.790. The van der Waals surface area contributed by atoms with E-state index >= 15 is 0 Å². The van der Waals surface area contributed by atoms with Gasteiger partial charge in [-0.15, -0.1) is 0 Å². The zero-order valence-corrected chi connectivity index (χ0v) is 11.8. The van der Waals surface area contributed by atoms with Crippen molar-refractivity contribution < 1.29 is 14.7 Å². The molecule has 5 nitrogen and oxygen atoms in total. The fourth-order valence-electron chi connectivity index (χ4n) is 1.93. The monoisotopic (exact) mass is 360 g/mol. The fourth-order valence-corrected chi connectivity index (χ4v) is 2.29. The molecule has 0 bridgehead atoms.